The van der Waals surface area contributed by atoms with E-state index in [4.69, 9.17) is 9.88 Å². The third-order valence-electron chi connectivity index (χ3n) is 3.10. The average Bonchev–Trinajstić information content (AvgIpc) is 2.72. The molecule has 1 aromatic rings. The number of rotatable bonds is 3. The fourth-order valence-electron chi connectivity index (χ4n) is 2.02. The van der Waals surface area contributed by atoms with Crippen molar-refractivity contribution in [2.24, 2.45) is 12.2 Å². The first-order valence-corrected chi connectivity index (χ1v) is 7.50. The Bertz CT molecular complexity index is 573. The predicted molar refractivity (Wildman–Crippen MR) is 68.1 cm³/mol. The molecule has 0 unspecified atom stereocenters. The van der Waals surface area contributed by atoms with E-state index in [2.05, 4.69) is 5.32 Å². The zero-order valence-corrected chi connectivity index (χ0v) is 11.4. The number of ether oxygens (including phenoxy) is 1. The number of nitrogens with one attached hydrogen (secondary N) is 1. The van der Waals surface area contributed by atoms with Crippen molar-refractivity contribution >= 4 is 15.9 Å². The highest BCUT2D eigenvalue weighted by atomic mass is 32.2. The molecule has 0 spiro atoms. The van der Waals surface area contributed by atoms with Crippen molar-refractivity contribution in [1.29, 1.82) is 0 Å². The van der Waals surface area contributed by atoms with Crippen molar-refractivity contribution in [3.8, 4) is 0 Å². The maximum Gasteiger partial charge on any atom is 0.268 e. The Morgan fingerprint density at radius 2 is 2.11 bits per heavy atom. The highest BCUT2D eigenvalue weighted by Crippen LogP contribution is 2.13. The van der Waals surface area contributed by atoms with Crippen molar-refractivity contribution < 1.29 is 17.9 Å². The van der Waals surface area contributed by atoms with Crippen LogP contribution in [0.25, 0.3) is 0 Å². The summed E-state index contributed by atoms with van der Waals surface area (Å²) in [6.45, 7) is 1.25. The quantitative estimate of drug-likeness (QED) is 0.788. The van der Waals surface area contributed by atoms with Crippen molar-refractivity contribution in [3.05, 3.63) is 18.0 Å². The van der Waals surface area contributed by atoms with Crippen LogP contribution in [-0.2, 0) is 21.8 Å². The molecule has 2 rings (SSSR count). The lowest BCUT2D eigenvalue weighted by Crippen LogP contribution is -2.39. The molecule has 1 aliphatic heterocycles. The molecule has 1 aliphatic rings. The third kappa shape index (κ3) is 3.34. The first-order chi connectivity index (χ1) is 8.88. The fraction of sp³-hybridized carbons (Fsp3) is 0.545. The molecule has 0 aliphatic carbocycles. The molecule has 1 amide bonds. The number of hydrogen-bond donors (Lipinski definition) is 2. The van der Waals surface area contributed by atoms with Crippen LogP contribution in [0.2, 0.25) is 0 Å². The van der Waals surface area contributed by atoms with Crippen LogP contribution >= 0.6 is 0 Å². The molecule has 1 saturated heterocycles. The summed E-state index contributed by atoms with van der Waals surface area (Å²) in [7, 11) is -2.19. The Morgan fingerprint density at radius 1 is 1.47 bits per heavy atom. The normalized spacial score (nSPS) is 17.4. The summed E-state index contributed by atoms with van der Waals surface area (Å²) < 4.78 is 29.1. The van der Waals surface area contributed by atoms with Gasteiger partial charge in [0.15, 0.2) is 0 Å². The topological polar surface area (TPSA) is 103 Å². The van der Waals surface area contributed by atoms with Gasteiger partial charge in [-0.2, -0.15) is 0 Å². The van der Waals surface area contributed by atoms with Gasteiger partial charge in [-0.3, -0.25) is 4.79 Å². The van der Waals surface area contributed by atoms with Crippen LogP contribution in [0, 0.1) is 0 Å². The standard InChI is InChI=1S/C11H17N3O4S/c1-14-7-9(19(12,16)17)6-10(14)11(15)13-8-2-4-18-5-3-8/h6-8H,2-5H2,1H3,(H,13,15)(H2,12,16,17). The van der Waals surface area contributed by atoms with Gasteiger partial charge in [0.1, 0.15) is 10.6 Å². The summed E-state index contributed by atoms with van der Waals surface area (Å²) in [5, 5.41) is 7.90. The van der Waals surface area contributed by atoms with Gasteiger partial charge >= 0.3 is 0 Å². The zero-order valence-electron chi connectivity index (χ0n) is 10.6. The van der Waals surface area contributed by atoms with Crippen LogP contribution in [0.1, 0.15) is 23.3 Å². The van der Waals surface area contributed by atoms with Crippen molar-refractivity contribution in [2.75, 3.05) is 13.2 Å². The number of carbonyl (C=O) groups is 1. The third-order valence-corrected chi connectivity index (χ3v) is 3.98. The number of primary sulfonamides is 1. The van der Waals surface area contributed by atoms with E-state index in [1.165, 1.54) is 16.8 Å². The predicted octanol–water partition coefficient (Wildman–Crippen LogP) is -0.419. The van der Waals surface area contributed by atoms with E-state index in [9.17, 15) is 13.2 Å². The SMILES string of the molecule is Cn1cc(S(N)(=O)=O)cc1C(=O)NC1CCOCC1. The Hall–Kier alpha value is -1.38. The molecule has 1 fully saturated rings. The van der Waals surface area contributed by atoms with Gasteiger partial charge < -0.3 is 14.6 Å². The average molecular weight is 287 g/mol. The van der Waals surface area contributed by atoms with E-state index >= 15 is 0 Å². The van der Waals surface area contributed by atoms with Gasteiger partial charge in [0, 0.05) is 32.5 Å². The minimum absolute atomic E-state index is 0.0628. The minimum atomic E-state index is -3.79. The number of aryl methyl sites for hydroxylation is 1. The molecule has 7 nitrogen and oxygen atoms in total. The molecule has 1 aromatic heterocycles. The second-order valence-electron chi connectivity index (χ2n) is 4.58. The molecule has 0 aromatic carbocycles. The lowest BCUT2D eigenvalue weighted by Gasteiger charge is -2.23. The second kappa shape index (κ2) is 5.32. The smallest absolute Gasteiger partial charge is 0.268 e. The molecule has 0 bridgehead atoms. The number of nitrogens with zero attached hydrogens (tertiary/aromatic N) is 1. The first kappa shape index (κ1) is 14.0. The van der Waals surface area contributed by atoms with Crippen molar-refractivity contribution in [1.82, 2.24) is 9.88 Å². The molecule has 19 heavy (non-hydrogen) atoms. The Kier molecular flexibility index (Phi) is 3.93. The van der Waals surface area contributed by atoms with E-state index in [0.29, 0.717) is 13.2 Å². The molecule has 0 radical (unpaired) electrons. The largest absolute Gasteiger partial charge is 0.381 e. The van der Waals surface area contributed by atoms with Gasteiger partial charge in [-0.1, -0.05) is 0 Å². The fourth-order valence-corrected chi connectivity index (χ4v) is 2.60. The van der Waals surface area contributed by atoms with E-state index in [1.807, 2.05) is 0 Å². The summed E-state index contributed by atoms with van der Waals surface area (Å²) in [5.74, 6) is -0.302. The second-order valence-corrected chi connectivity index (χ2v) is 6.14. The molecule has 0 atom stereocenters. The Labute approximate surface area is 111 Å². The van der Waals surface area contributed by atoms with Gasteiger partial charge in [-0.05, 0) is 18.9 Å². The molecular formula is C11H17N3O4S. The summed E-state index contributed by atoms with van der Waals surface area (Å²) in [6.07, 6.45) is 2.85. The van der Waals surface area contributed by atoms with E-state index in [-0.39, 0.29) is 22.5 Å². The molecule has 106 valence electrons. The lowest BCUT2D eigenvalue weighted by molar-refractivity contribution is 0.0692. The van der Waals surface area contributed by atoms with Crippen LogP contribution in [0.15, 0.2) is 17.2 Å². The highest BCUT2D eigenvalue weighted by molar-refractivity contribution is 7.89. The highest BCUT2D eigenvalue weighted by Gasteiger charge is 2.21. The molecule has 3 N–H and O–H groups in total. The number of sulfonamides is 1. The Morgan fingerprint density at radius 3 is 2.63 bits per heavy atom. The minimum Gasteiger partial charge on any atom is -0.381 e. The number of amides is 1. The van der Waals surface area contributed by atoms with Crippen molar-refractivity contribution in [3.63, 3.8) is 0 Å². The summed E-state index contributed by atoms with van der Waals surface area (Å²) in [4.78, 5) is 12.0. The van der Waals surface area contributed by atoms with Crippen LogP contribution < -0.4 is 10.5 Å². The Balaban J connectivity index is 2.12. The summed E-state index contributed by atoms with van der Waals surface area (Å²) in [5.41, 5.74) is 0.274. The number of carbonyl (C=O) groups excluding carboxylic acids is 1. The van der Waals surface area contributed by atoms with Crippen LogP contribution in [0.4, 0.5) is 0 Å². The summed E-state index contributed by atoms with van der Waals surface area (Å²) >= 11 is 0. The first-order valence-electron chi connectivity index (χ1n) is 5.95. The van der Waals surface area contributed by atoms with Gasteiger partial charge in [0.2, 0.25) is 10.0 Å². The van der Waals surface area contributed by atoms with E-state index < -0.39 is 10.0 Å². The maximum absolute atomic E-state index is 12.1. The van der Waals surface area contributed by atoms with Crippen LogP contribution in [-0.4, -0.2) is 38.1 Å². The van der Waals surface area contributed by atoms with Gasteiger partial charge in [0.05, 0.1) is 0 Å². The molecule has 8 heteroatoms. The van der Waals surface area contributed by atoms with Gasteiger partial charge in [-0.25, -0.2) is 13.6 Å². The van der Waals surface area contributed by atoms with Crippen molar-refractivity contribution in [2.45, 2.75) is 23.8 Å². The number of aromatic nitrogens is 1. The van der Waals surface area contributed by atoms with Gasteiger partial charge in [-0.15, -0.1) is 0 Å². The zero-order chi connectivity index (χ0) is 14.0. The number of hydrogen-bond acceptors (Lipinski definition) is 4. The van der Waals surface area contributed by atoms with Gasteiger partial charge in [0.25, 0.3) is 5.91 Å². The monoisotopic (exact) mass is 287 g/mol. The molecule has 2 heterocycles. The van der Waals surface area contributed by atoms with E-state index in [1.54, 1.807) is 7.05 Å². The maximum atomic E-state index is 12.1. The van der Waals surface area contributed by atoms with Crippen LogP contribution in [0.3, 0.4) is 0 Å². The van der Waals surface area contributed by atoms with E-state index in [0.717, 1.165) is 12.8 Å². The lowest BCUT2D eigenvalue weighted by atomic mass is 10.1. The summed E-state index contributed by atoms with van der Waals surface area (Å²) in [6, 6.07) is 1.35. The molecule has 0 saturated carbocycles. The number of nitrogens with two attached hydrogens (primary N) is 1. The van der Waals surface area contributed by atoms with Crippen LogP contribution in [0.5, 0.6) is 0 Å². The molecular weight excluding hydrogens is 270 g/mol.